The van der Waals surface area contributed by atoms with Crippen molar-refractivity contribution in [1.82, 2.24) is 25.1 Å². The van der Waals surface area contributed by atoms with Gasteiger partial charge in [0, 0.05) is 36.5 Å². The monoisotopic (exact) mass is 438 g/mol. The van der Waals surface area contributed by atoms with Crippen molar-refractivity contribution in [2.75, 3.05) is 24.7 Å². The molecule has 0 aliphatic carbocycles. The Labute approximate surface area is 189 Å². The summed E-state index contributed by atoms with van der Waals surface area (Å²) in [6.07, 6.45) is 4.13. The molecule has 32 heavy (non-hydrogen) atoms. The molecular weight excluding hydrogens is 410 g/mol. The lowest BCUT2D eigenvalue weighted by atomic mass is 10.1. The van der Waals surface area contributed by atoms with Crippen LogP contribution in [-0.2, 0) is 11.8 Å². The fraction of sp³-hybridized carbons (Fsp3) is 0.227. The summed E-state index contributed by atoms with van der Waals surface area (Å²) in [6, 6.07) is 6.66. The maximum atomic E-state index is 12.7. The van der Waals surface area contributed by atoms with Crippen LogP contribution < -0.4 is 20.7 Å². The molecule has 3 aromatic rings. The van der Waals surface area contributed by atoms with Gasteiger partial charge in [0.05, 0.1) is 29.6 Å². The third-order valence-electron chi connectivity index (χ3n) is 4.26. The van der Waals surface area contributed by atoms with E-state index in [4.69, 9.17) is 8.85 Å². The molecule has 2 amide bonds. The highest BCUT2D eigenvalue weighted by molar-refractivity contribution is 6.02. The number of anilines is 3. The number of carbonyl (C=O) groups is 2. The minimum Gasteiger partial charge on any atom is -0.494 e. The number of ether oxygens (including phenoxy) is 1. The van der Waals surface area contributed by atoms with Crippen molar-refractivity contribution in [2.45, 2.75) is 13.8 Å². The van der Waals surface area contributed by atoms with Gasteiger partial charge >= 0.3 is 0 Å². The summed E-state index contributed by atoms with van der Waals surface area (Å²) in [5, 5.41) is 12.0. The van der Waals surface area contributed by atoms with Crippen LogP contribution in [0.25, 0.3) is 11.4 Å². The Balaban J connectivity index is 2.05. The number of aryl methyl sites for hydroxylation is 1. The average Bonchev–Trinajstić information content (AvgIpc) is 3.18. The summed E-state index contributed by atoms with van der Waals surface area (Å²) in [5.74, 6) is -0.292. The summed E-state index contributed by atoms with van der Waals surface area (Å²) in [5.41, 5.74) is 1.98. The fourth-order valence-electron chi connectivity index (χ4n) is 2.94. The Morgan fingerprint density at radius 1 is 1.22 bits per heavy atom. The van der Waals surface area contributed by atoms with Gasteiger partial charge in [0.2, 0.25) is 5.91 Å². The highest BCUT2D eigenvalue weighted by Gasteiger charge is 2.18. The first-order valence-electron chi connectivity index (χ1n) is 11.1. The molecule has 1 aromatic carbocycles. The number of nitrogens with zero attached hydrogens (tertiary/aromatic N) is 4. The molecule has 0 fully saturated rings. The van der Waals surface area contributed by atoms with Crippen LogP contribution >= 0.6 is 0 Å². The number of pyridine rings is 1. The Morgan fingerprint density at radius 3 is 2.69 bits per heavy atom. The Kier molecular flexibility index (Phi) is 5.64. The first-order chi connectivity index (χ1) is 16.5. The van der Waals surface area contributed by atoms with Crippen molar-refractivity contribution >= 4 is 29.0 Å². The number of carbonyl (C=O) groups excluding carboxylic acids is 2. The van der Waals surface area contributed by atoms with Gasteiger partial charge in [-0.2, -0.15) is 5.10 Å². The van der Waals surface area contributed by atoms with Crippen LogP contribution in [-0.4, -0.2) is 45.6 Å². The van der Waals surface area contributed by atoms with Gasteiger partial charge in [-0.15, -0.1) is 0 Å². The zero-order chi connectivity index (χ0) is 25.8. The van der Waals surface area contributed by atoms with E-state index in [1.807, 2.05) is 5.32 Å². The molecule has 0 spiro atoms. The van der Waals surface area contributed by atoms with Crippen LogP contribution in [0.2, 0.25) is 0 Å². The maximum absolute atomic E-state index is 12.7. The summed E-state index contributed by atoms with van der Waals surface area (Å²) >= 11 is 0. The van der Waals surface area contributed by atoms with Crippen LogP contribution in [0, 0.1) is 0 Å². The van der Waals surface area contributed by atoms with Crippen LogP contribution in [0.5, 0.6) is 5.75 Å². The number of aromatic nitrogens is 4. The lowest BCUT2D eigenvalue weighted by Crippen LogP contribution is -2.20. The molecule has 10 heteroatoms. The van der Waals surface area contributed by atoms with Crippen LogP contribution in [0.15, 0.2) is 48.4 Å². The molecule has 3 rings (SSSR count). The van der Waals surface area contributed by atoms with Gasteiger partial charge in [-0.05, 0) is 26.0 Å². The molecule has 0 unspecified atom stereocenters. The summed E-state index contributed by atoms with van der Waals surface area (Å²) in [6.45, 7) is 0.850. The van der Waals surface area contributed by atoms with Crippen LogP contribution in [0.3, 0.4) is 0 Å². The number of benzene rings is 1. The fourth-order valence-corrected chi connectivity index (χ4v) is 2.94. The number of nitrogens with one attached hydrogen (secondary N) is 3. The average molecular weight is 439 g/mol. The standard InChI is InChI=1S/C22H25N7O3/c1-13(2)9-19(30)27-18-10-17(15(11-24-18)22(31)23-3)26-16-8-6-7-14(20(16)32-5)21-25-12-29(4)28-21/h6-12H,1-5H3,(H,23,31)(H2,24,26,27,30)/i3D3. The number of hydrogen-bond acceptors (Lipinski definition) is 7. The van der Waals surface area contributed by atoms with E-state index in [-0.39, 0.29) is 17.1 Å². The van der Waals surface area contributed by atoms with Crippen molar-refractivity contribution in [1.29, 1.82) is 0 Å². The third kappa shape index (κ3) is 5.09. The van der Waals surface area contributed by atoms with Gasteiger partial charge in [0.1, 0.15) is 12.1 Å². The van der Waals surface area contributed by atoms with Crippen molar-refractivity contribution in [3.63, 3.8) is 0 Å². The minimum absolute atomic E-state index is 0.0512. The van der Waals surface area contributed by atoms with Crippen molar-refractivity contribution in [2.24, 2.45) is 7.05 Å². The molecule has 3 N–H and O–H groups in total. The second kappa shape index (κ2) is 9.73. The lowest BCUT2D eigenvalue weighted by molar-refractivity contribution is -0.112. The predicted octanol–water partition coefficient (Wildman–Crippen LogP) is 2.89. The van der Waals surface area contributed by atoms with E-state index in [9.17, 15) is 9.59 Å². The minimum atomic E-state index is -2.70. The molecule has 2 heterocycles. The van der Waals surface area contributed by atoms with Gasteiger partial charge in [0.15, 0.2) is 11.6 Å². The third-order valence-corrected chi connectivity index (χ3v) is 4.26. The van der Waals surface area contributed by atoms with Crippen molar-refractivity contribution in [3.05, 3.63) is 54.0 Å². The smallest absolute Gasteiger partial charge is 0.254 e. The second-order valence-electron chi connectivity index (χ2n) is 7.03. The summed E-state index contributed by atoms with van der Waals surface area (Å²) in [4.78, 5) is 33.2. The number of para-hydroxylation sites is 1. The molecule has 2 aromatic heterocycles. The normalized spacial score (nSPS) is 12.1. The first kappa shape index (κ1) is 18.6. The number of amides is 2. The van der Waals surface area contributed by atoms with E-state index in [0.717, 1.165) is 5.57 Å². The van der Waals surface area contributed by atoms with Crippen molar-refractivity contribution < 1.29 is 18.4 Å². The molecule has 0 radical (unpaired) electrons. The topological polar surface area (TPSA) is 123 Å². The zero-order valence-corrected chi connectivity index (χ0v) is 18.1. The van der Waals surface area contributed by atoms with E-state index in [2.05, 4.69) is 25.7 Å². The largest absolute Gasteiger partial charge is 0.494 e. The summed E-state index contributed by atoms with van der Waals surface area (Å²) in [7, 11) is 3.22. The van der Waals surface area contributed by atoms with Crippen LogP contribution in [0.1, 0.15) is 28.3 Å². The number of allylic oxidation sites excluding steroid dienone is 1. The van der Waals surface area contributed by atoms with E-state index < -0.39 is 18.8 Å². The van der Waals surface area contributed by atoms with Gasteiger partial charge in [0.25, 0.3) is 5.91 Å². The lowest BCUT2D eigenvalue weighted by Gasteiger charge is -2.16. The second-order valence-corrected chi connectivity index (χ2v) is 7.03. The number of rotatable bonds is 7. The van der Waals surface area contributed by atoms with E-state index >= 15 is 0 Å². The molecule has 0 aliphatic heterocycles. The molecule has 0 saturated heterocycles. The Bertz CT molecular complexity index is 1280. The SMILES string of the molecule is [2H]C([2H])([2H])NC(=O)c1cnc(NC(=O)C=C(C)C)cc1Nc1cccc(-c2ncn(C)n2)c1OC. The Hall–Kier alpha value is -4.21. The molecule has 0 bridgehead atoms. The maximum Gasteiger partial charge on any atom is 0.254 e. The van der Waals surface area contributed by atoms with E-state index in [1.54, 1.807) is 50.1 Å². The number of hydrogen-bond donors (Lipinski definition) is 3. The predicted molar refractivity (Wildman–Crippen MR) is 122 cm³/mol. The van der Waals surface area contributed by atoms with Crippen molar-refractivity contribution in [3.8, 4) is 17.1 Å². The van der Waals surface area contributed by atoms with E-state index in [1.165, 1.54) is 25.4 Å². The van der Waals surface area contributed by atoms with Gasteiger partial charge < -0.3 is 20.7 Å². The molecular formula is C22H25N7O3. The van der Waals surface area contributed by atoms with Gasteiger partial charge in [-0.3, -0.25) is 14.3 Å². The van der Waals surface area contributed by atoms with E-state index in [0.29, 0.717) is 22.8 Å². The molecule has 0 saturated carbocycles. The quantitative estimate of drug-likeness (QED) is 0.485. The van der Waals surface area contributed by atoms with Gasteiger partial charge in [-0.1, -0.05) is 11.6 Å². The highest BCUT2D eigenvalue weighted by atomic mass is 16.5. The summed E-state index contributed by atoms with van der Waals surface area (Å²) < 4.78 is 29.2. The first-order valence-corrected chi connectivity index (χ1v) is 9.55. The Morgan fingerprint density at radius 2 is 2.03 bits per heavy atom. The molecule has 0 aliphatic rings. The molecule has 10 nitrogen and oxygen atoms in total. The highest BCUT2D eigenvalue weighted by Crippen LogP contribution is 2.37. The van der Waals surface area contributed by atoms with Gasteiger partial charge in [-0.25, -0.2) is 9.97 Å². The van der Waals surface area contributed by atoms with Crippen LogP contribution in [0.4, 0.5) is 17.2 Å². The zero-order valence-electron chi connectivity index (χ0n) is 21.1. The number of methoxy groups -OCH3 is 1. The molecule has 0 atom stereocenters. The molecule has 166 valence electrons.